The van der Waals surface area contributed by atoms with Crippen molar-refractivity contribution in [1.82, 2.24) is 15.3 Å². The minimum atomic E-state index is -3.04. The van der Waals surface area contributed by atoms with Crippen LogP contribution in [0.5, 0.6) is 0 Å². The third kappa shape index (κ3) is 4.37. The average Bonchev–Trinajstić information content (AvgIpc) is 2.94. The fourth-order valence-electron chi connectivity index (χ4n) is 2.95. The van der Waals surface area contributed by atoms with Gasteiger partial charge >= 0.3 is 0 Å². The van der Waals surface area contributed by atoms with Crippen LogP contribution in [0.3, 0.4) is 0 Å². The Labute approximate surface area is 153 Å². The molecular weight excluding hydrogens is 352 g/mol. The van der Waals surface area contributed by atoms with Crippen molar-refractivity contribution in [3.63, 3.8) is 0 Å². The molecule has 0 saturated carbocycles. The van der Waals surface area contributed by atoms with Crippen LogP contribution < -0.4 is 10.6 Å². The minimum absolute atomic E-state index is 0.0172. The molecule has 2 aromatic rings. The largest absolute Gasteiger partial charge is 0.347 e. The summed E-state index contributed by atoms with van der Waals surface area (Å²) in [5, 5.41) is 5.89. The van der Waals surface area contributed by atoms with Crippen molar-refractivity contribution in [3.8, 4) is 0 Å². The number of amides is 1. The van der Waals surface area contributed by atoms with E-state index in [9.17, 15) is 13.2 Å². The summed E-state index contributed by atoms with van der Waals surface area (Å²) in [7, 11) is -3.04. The molecule has 1 aromatic carbocycles. The number of hydrogen-bond donors (Lipinski definition) is 2. The molecule has 1 aliphatic heterocycles. The summed E-state index contributed by atoms with van der Waals surface area (Å²) in [6.07, 6.45) is 1.94. The van der Waals surface area contributed by atoms with Crippen molar-refractivity contribution in [2.45, 2.75) is 32.2 Å². The predicted molar refractivity (Wildman–Crippen MR) is 100 cm³/mol. The summed E-state index contributed by atoms with van der Waals surface area (Å²) in [5.74, 6) is 0.353. The van der Waals surface area contributed by atoms with Gasteiger partial charge in [-0.15, -0.1) is 0 Å². The monoisotopic (exact) mass is 374 g/mol. The normalized spacial score (nSPS) is 18.7. The maximum Gasteiger partial charge on any atom is 0.270 e. The molecule has 2 heterocycles. The summed E-state index contributed by atoms with van der Waals surface area (Å²) in [6, 6.07) is 9.02. The topological polar surface area (TPSA) is 101 Å². The van der Waals surface area contributed by atoms with E-state index in [0.29, 0.717) is 18.3 Å². The van der Waals surface area contributed by atoms with Crippen molar-refractivity contribution in [2.24, 2.45) is 0 Å². The molecular formula is C18H22N4O3S. The minimum Gasteiger partial charge on any atom is -0.347 e. The molecule has 0 bridgehead atoms. The molecule has 1 saturated heterocycles. The van der Waals surface area contributed by atoms with Gasteiger partial charge in [0.2, 0.25) is 5.95 Å². The summed E-state index contributed by atoms with van der Waals surface area (Å²) < 4.78 is 23.0. The lowest BCUT2D eigenvalue weighted by atomic mass is 10.0. The lowest BCUT2D eigenvalue weighted by molar-refractivity contribution is 0.0936. The van der Waals surface area contributed by atoms with Gasteiger partial charge in [0.25, 0.3) is 5.91 Å². The molecule has 3 rings (SSSR count). The van der Waals surface area contributed by atoms with Crippen LogP contribution in [0.25, 0.3) is 0 Å². The van der Waals surface area contributed by atoms with Gasteiger partial charge in [0.15, 0.2) is 9.84 Å². The maximum absolute atomic E-state index is 12.4. The number of aromatic nitrogens is 2. The number of para-hydroxylation sites is 1. The highest BCUT2D eigenvalue weighted by Gasteiger charge is 2.29. The van der Waals surface area contributed by atoms with E-state index in [1.165, 1.54) is 12.3 Å². The van der Waals surface area contributed by atoms with Crippen LogP contribution in [0.4, 0.5) is 11.6 Å². The summed E-state index contributed by atoms with van der Waals surface area (Å²) in [6.45, 7) is 4.20. The molecule has 1 aliphatic rings. The number of carbonyl (C=O) groups is 1. The van der Waals surface area contributed by atoms with Crippen LogP contribution in [0.15, 0.2) is 36.5 Å². The van der Waals surface area contributed by atoms with Crippen molar-refractivity contribution in [3.05, 3.63) is 47.8 Å². The Morgan fingerprint density at radius 1 is 1.23 bits per heavy atom. The van der Waals surface area contributed by atoms with Gasteiger partial charge in [-0.3, -0.25) is 4.79 Å². The van der Waals surface area contributed by atoms with E-state index in [1.54, 1.807) is 0 Å². The smallest absolute Gasteiger partial charge is 0.270 e. The summed E-state index contributed by atoms with van der Waals surface area (Å²) in [4.78, 5) is 20.8. The third-order valence-electron chi connectivity index (χ3n) is 4.29. The zero-order valence-electron chi connectivity index (χ0n) is 14.8. The second-order valence-electron chi connectivity index (χ2n) is 6.71. The number of anilines is 2. The second-order valence-corrected chi connectivity index (χ2v) is 8.93. The fourth-order valence-corrected chi connectivity index (χ4v) is 4.62. The number of carbonyl (C=O) groups excluding carboxylic acids is 1. The number of benzene rings is 1. The van der Waals surface area contributed by atoms with E-state index in [4.69, 9.17) is 0 Å². The molecule has 26 heavy (non-hydrogen) atoms. The molecule has 1 aromatic heterocycles. The average molecular weight is 374 g/mol. The molecule has 1 amide bonds. The van der Waals surface area contributed by atoms with Gasteiger partial charge in [-0.05, 0) is 30.0 Å². The zero-order chi connectivity index (χ0) is 18.7. The van der Waals surface area contributed by atoms with E-state index in [-0.39, 0.29) is 23.2 Å². The van der Waals surface area contributed by atoms with Crippen molar-refractivity contribution >= 4 is 27.4 Å². The van der Waals surface area contributed by atoms with Crippen LogP contribution in [0, 0.1) is 0 Å². The van der Waals surface area contributed by atoms with Gasteiger partial charge in [0.1, 0.15) is 5.69 Å². The quantitative estimate of drug-likeness (QED) is 0.832. The Morgan fingerprint density at radius 3 is 2.69 bits per heavy atom. The molecule has 7 nitrogen and oxygen atoms in total. The first-order valence-corrected chi connectivity index (χ1v) is 10.4. The molecule has 2 N–H and O–H groups in total. The van der Waals surface area contributed by atoms with Gasteiger partial charge < -0.3 is 10.6 Å². The first-order valence-electron chi connectivity index (χ1n) is 8.54. The SMILES string of the molecule is CC(C)c1ccccc1Nc1nccc(C(=O)NC2CCS(=O)(=O)C2)n1. The van der Waals surface area contributed by atoms with Crippen LogP contribution >= 0.6 is 0 Å². The fraction of sp³-hybridized carbons (Fsp3) is 0.389. The molecule has 1 atom stereocenters. The van der Waals surface area contributed by atoms with E-state index >= 15 is 0 Å². The summed E-state index contributed by atoms with van der Waals surface area (Å²) >= 11 is 0. The first kappa shape index (κ1) is 18.3. The summed E-state index contributed by atoms with van der Waals surface area (Å²) in [5.41, 5.74) is 2.22. The number of sulfone groups is 1. The number of nitrogens with zero attached hydrogens (tertiary/aromatic N) is 2. The predicted octanol–water partition coefficient (Wildman–Crippen LogP) is 2.26. The number of hydrogen-bond acceptors (Lipinski definition) is 6. The van der Waals surface area contributed by atoms with E-state index in [0.717, 1.165) is 11.3 Å². The molecule has 1 fully saturated rings. The molecule has 138 valence electrons. The number of rotatable bonds is 5. The van der Waals surface area contributed by atoms with Gasteiger partial charge in [-0.1, -0.05) is 32.0 Å². The lowest BCUT2D eigenvalue weighted by Gasteiger charge is -2.14. The highest BCUT2D eigenvalue weighted by molar-refractivity contribution is 7.91. The Hall–Kier alpha value is -2.48. The Balaban J connectivity index is 1.73. The van der Waals surface area contributed by atoms with E-state index < -0.39 is 15.7 Å². The van der Waals surface area contributed by atoms with Crippen LogP contribution in [0.1, 0.15) is 42.2 Å². The molecule has 8 heteroatoms. The van der Waals surface area contributed by atoms with Gasteiger partial charge in [0.05, 0.1) is 11.5 Å². The van der Waals surface area contributed by atoms with Crippen LogP contribution in [0.2, 0.25) is 0 Å². The number of nitrogens with one attached hydrogen (secondary N) is 2. The Bertz CT molecular complexity index is 912. The van der Waals surface area contributed by atoms with E-state index in [1.807, 2.05) is 24.3 Å². The highest BCUT2D eigenvalue weighted by Crippen LogP contribution is 2.25. The lowest BCUT2D eigenvalue weighted by Crippen LogP contribution is -2.36. The van der Waals surface area contributed by atoms with Gasteiger partial charge in [-0.25, -0.2) is 18.4 Å². The van der Waals surface area contributed by atoms with Crippen molar-refractivity contribution in [2.75, 3.05) is 16.8 Å². The van der Waals surface area contributed by atoms with Crippen molar-refractivity contribution in [1.29, 1.82) is 0 Å². The maximum atomic E-state index is 12.4. The van der Waals surface area contributed by atoms with E-state index in [2.05, 4.69) is 34.4 Å². The molecule has 0 radical (unpaired) electrons. The highest BCUT2D eigenvalue weighted by atomic mass is 32.2. The van der Waals surface area contributed by atoms with Crippen LogP contribution in [-0.2, 0) is 9.84 Å². The third-order valence-corrected chi connectivity index (χ3v) is 6.05. The zero-order valence-corrected chi connectivity index (χ0v) is 15.6. The van der Waals surface area contributed by atoms with Crippen molar-refractivity contribution < 1.29 is 13.2 Å². The van der Waals surface area contributed by atoms with Gasteiger partial charge in [0, 0.05) is 17.9 Å². The van der Waals surface area contributed by atoms with Crippen LogP contribution in [-0.4, -0.2) is 41.8 Å². The molecule has 0 spiro atoms. The first-order chi connectivity index (χ1) is 12.3. The van der Waals surface area contributed by atoms with Gasteiger partial charge in [-0.2, -0.15) is 0 Å². The Morgan fingerprint density at radius 2 is 2.00 bits per heavy atom. The standard InChI is InChI=1S/C18H22N4O3S/c1-12(2)14-5-3-4-6-15(14)21-18-19-9-7-16(22-18)17(23)20-13-8-10-26(24,25)11-13/h3-7,9,12-13H,8,10-11H2,1-2H3,(H,20,23)(H,19,21,22). The second kappa shape index (κ2) is 7.41. The molecule has 0 aliphatic carbocycles. The Kier molecular flexibility index (Phi) is 5.22. The molecule has 1 unspecified atom stereocenters.